The highest BCUT2D eigenvalue weighted by Crippen LogP contribution is 2.63. The minimum absolute atomic E-state index is 0.0149. The van der Waals surface area contributed by atoms with Gasteiger partial charge in [0.25, 0.3) is 5.91 Å². The smallest absolute Gasteiger partial charge is 0.251 e. The number of amides is 1. The molecule has 1 N–H and O–H groups in total. The molecule has 0 saturated heterocycles. The van der Waals surface area contributed by atoms with E-state index in [1.54, 1.807) is 0 Å². The van der Waals surface area contributed by atoms with Crippen molar-refractivity contribution in [1.82, 2.24) is 5.32 Å². The van der Waals surface area contributed by atoms with Crippen molar-refractivity contribution in [3.05, 3.63) is 41.5 Å². The van der Waals surface area contributed by atoms with E-state index in [2.05, 4.69) is 70.3 Å². The van der Waals surface area contributed by atoms with Gasteiger partial charge in [-0.05, 0) is 78.2 Å². The highest BCUT2D eigenvalue weighted by Gasteiger charge is 2.57. The SMILES string of the molecule is CC(C)(C)c1ccccc1C1=C[C@@]2(C)[C@@H](CC[C@H]3[C@@H]4CCC[C@@]4(C)CC[C@@H]32)NC1=O. The monoisotopic (exact) mass is 405 g/mol. The Labute approximate surface area is 182 Å². The van der Waals surface area contributed by atoms with Gasteiger partial charge in [0.2, 0.25) is 0 Å². The fraction of sp³-hybridized carbons (Fsp3) is 0.679. The maximum atomic E-state index is 13.3. The Bertz CT molecular complexity index is 892. The second-order valence-electron chi connectivity index (χ2n) is 12.3. The molecule has 1 amide bonds. The van der Waals surface area contributed by atoms with Crippen LogP contribution in [-0.2, 0) is 10.2 Å². The largest absolute Gasteiger partial charge is 0.348 e. The molecule has 162 valence electrons. The summed E-state index contributed by atoms with van der Waals surface area (Å²) in [6, 6.07) is 8.84. The molecule has 0 radical (unpaired) electrons. The van der Waals surface area contributed by atoms with Crippen molar-refractivity contribution in [3.63, 3.8) is 0 Å². The van der Waals surface area contributed by atoms with Crippen LogP contribution in [0, 0.1) is 28.6 Å². The third-order valence-corrected chi connectivity index (χ3v) is 9.59. The number of rotatable bonds is 1. The summed E-state index contributed by atoms with van der Waals surface area (Å²) in [5.74, 6) is 2.56. The van der Waals surface area contributed by atoms with Crippen LogP contribution in [0.1, 0.15) is 90.7 Å². The molecule has 1 aromatic rings. The molecule has 1 aliphatic heterocycles. The number of carbonyl (C=O) groups excluding carboxylic acids is 1. The predicted octanol–water partition coefficient (Wildman–Crippen LogP) is 6.50. The molecule has 0 bridgehead atoms. The summed E-state index contributed by atoms with van der Waals surface area (Å²) in [6.45, 7) is 11.8. The van der Waals surface area contributed by atoms with Gasteiger partial charge in [0.15, 0.2) is 0 Å². The lowest BCUT2D eigenvalue weighted by molar-refractivity contribution is -0.120. The number of benzene rings is 1. The predicted molar refractivity (Wildman–Crippen MR) is 124 cm³/mol. The van der Waals surface area contributed by atoms with E-state index < -0.39 is 0 Å². The molecule has 4 aliphatic rings. The molecule has 6 atom stereocenters. The van der Waals surface area contributed by atoms with Gasteiger partial charge >= 0.3 is 0 Å². The van der Waals surface area contributed by atoms with Gasteiger partial charge in [0.05, 0.1) is 0 Å². The van der Waals surface area contributed by atoms with E-state index in [0.29, 0.717) is 17.4 Å². The fourth-order valence-electron chi connectivity index (χ4n) is 8.00. The number of hydrogen-bond acceptors (Lipinski definition) is 1. The summed E-state index contributed by atoms with van der Waals surface area (Å²) in [5, 5.41) is 3.48. The zero-order chi connectivity index (χ0) is 21.3. The number of nitrogens with one attached hydrogen (secondary N) is 1. The molecule has 2 heteroatoms. The average molecular weight is 406 g/mol. The Balaban J connectivity index is 1.58. The maximum absolute atomic E-state index is 13.3. The van der Waals surface area contributed by atoms with Crippen molar-refractivity contribution in [2.45, 2.75) is 91.0 Å². The Morgan fingerprint density at radius 3 is 2.50 bits per heavy atom. The molecule has 0 spiro atoms. The first-order valence-electron chi connectivity index (χ1n) is 12.3. The number of carbonyl (C=O) groups is 1. The van der Waals surface area contributed by atoms with E-state index >= 15 is 0 Å². The van der Waals surface area contributed by atoms with E-state index in [-0.39, 0.29) is 16.7 Å². The number of fused-ring (bicyclic) bond motifs is 5. The third kappa shape index (κ3) is 2.93. The van der Waals surface area contributed by atoms with Gasteiger partial charge in [-0.3, -0.25) is 4.79 Å². The van der Waals surface area contributed by atoms with Crippen molar-refractivity contribution in [2.24, 2.45) is 28.6 Å². The minimum Gasteiger partial charge on any atom is -0.348 e. The molecule has 1 heterocycles. The van der Waals surface area contributed by atoms with Gasteiger partial charge in [-0.15, -0.1) is 0 Å². The van der Waals surface area contributed by atoms with Crippen LogP contribution in [0.3, 0.4) is 0 Å². The molecule has 30 heavy (non-hydrogen) atoms. The third-order valence-electron chi connectivity index (χ3n) is 9.59. The van der Waals surface area contributed by atoms with Gasteiger partial charge in [0.1, 0.15) is 0 Å². The van der Waals surface area contributed by atoms with E-state index in [0.717, 1.165) is 29.4 Å². The highest BCUT2D eigenvalue weighted by atomic mass is 16.1. The van der Waals surface area contributed by atoms with Crippen LogP contribution in [0.4, 0.5) is 0 Å². The van der Waals surface area contributed by atoms with Crippen LogP contribution in [0.5, 0.6) is 0 Å². The van der Waals surface area contributed by atoms with Crippen molar-refractivity contribution >= 4 is 11.5 Å². The standard InChI is InChI=1S/C28H39NO/c1-26(2,3)21-10-7-6-9-18(21)20-17-28(5)23-14-16-27(4)15-8-11-22(27)19(23)12-13-24(28)29-25(20)30/h6-7,9-10,17,19,22-24H,8,11-16H2,1-5H3,(H,29,30)/t19-,22-,23-,24+,27-,28+/m0/s1. The molecule has 0 unspecified atom stereocenters. The van der Waals surface area contributed by atoms with E-state index in [4.69, 9.17) is 0 Å². The first-order valence-corrected chi connectivity index (χ1v) is 12.3. The lowest BCUT2D eigenvalue weighted by Crippen LogP contribution is -2.59. The highest BCUT2D eigenvalue weighted by molar-refractivity contribution is 6.21. The van der Waals surface area contributed by atoms with Gasteiger partial charge in [-0.1, -0.05) is 71.4 Å². The van der Waals surface area contributed by atoms with Gasteiger partial charge < -0.3 is 5.32 Å². The van der Waals surface area contributed by atoms with E-state index in [1.807, 2.05) is 0 Å². The van der Waals surface area contributed by atoms with Crippen molar-refractivity contribution < 1.29 is 4.79 Å². The lowest BCUT2D eigenvalue weighted by atomic mass is 9.48. The van der Waals surface area contributed by atoms with Gasteiger partial charge in [0, 0.05) is 17.0 Å². The van der Waals surface area contributed by atoms with Crippen LogP contribution < -0.4 is 5.32 Å². The molecule has 0 aromatic heterocycles. The summed E-state index contributed by atoms with van der Waals surface area (Å²) in [4.78, 5) is 13.3. The van der Waals surface area contributed by atoms with E-state index in [9.17, 15) is 4.79 Å². The van der Waals surface area contributed by atoms with Gasteiger partial charge in [-0.25, -0.2) is 0 Å². The molecule has 3 fully saturated rings. The van der Waals surface area contributed by atoms with Crippen molar-refractivity contribution in [2.75, 3.05) is 0 Å². The first-order chi connectivity index (χ1) is 14.1. The molecule has 3 aliphatic carbocycles. The fourth-order valence-corrected chi connectivity index (χ4v) is 8.00. The molecular formula is C28H39NO. The Morgan fingerprint density at radius 1 is 0.967 bits per heavy atom. The zero-order valence-corrected chi connectivity index (χ0v) is 19.6. The summed E-state index contributed by atoms with van der Waals surface area (Å²) in [6.07, 6.45) is 11.8. The van der Waals surface area contributed by atoms with Crippen molar-refractivity contribution in [1.29, 1.82) is 0 Å². The molecule has 3 saturated carbocycles. The summed E-state index contributed by atoms with van der Waals surface area (Å²) < 4.78 is 0. The topological polar surface area (TPSA) is 29.1 Å². The minimum atomic E-state index is 0.0149. The Hall–Kier alpha value is -1.57. The lowest BCUT2D eigenvalue weighted by Gasteiger charge is -2.58. The second kappa shape index (κ2) is 6.71. The summed E-state index contributed by atoms with van der Waals surface area (Å²) in [7, 11) is 0. The molecule has 5 rings (SSSR count). The van der Waals surface area contributed by atoms with Crippen LogP contribution >= 0.6 is 0 Å². The summed E-state index contributed by atoms with van der Waals surface area (Å²) >= 11 is 0. The van der Waals surface area contributed by atoms with Crippen molar-refractivity contribution in [3.8, 4) is 0 Å². The normalized spacial score (nSPS) is 40.7. The number of hydrogen-bond donors (Lipinski definition) is 1. The average Bonchev–Trinajstić information content (AvgIpc) is 3.09. The molecular weight excluding hydrogens is 366 g/mol. The van der Waals surface area contributed by atoms with Crippen LogP contribution in [-0.4, -0.2) is 11.9 Å². The van der Waals surface area contributed by atoms with E-state index in [1.165, 1.54) is 44.1 Å². The summed E-state index contributed by atoms with van der Waals surface area (Å²) in [5.41, 5.74) is 3.98. The van der Waals surface area contributed by atoms with Crippen LogP contribution in [0.15, 0.2) is 30.3 Å². The maximum Gasteiger partial charge on any atom is 0.251 e. The second-order valence-corrected chi connectivity index (χ2v) is 12.3. The van der Waals surface area contributed by atoms with Crippen LogP contribution in [0.25, 0.3) is 5.57 Å². The quantitative estimate of drug-likeness (QED) is 0.568. The van der Waals surface area contributed by atoms with Crippen LogP contribution in [0.2, 0.25) is 0 Å². The molecule has 1 aromatic carbocycles. The zero-order valence-electron chi connectivity index (χ0n) is 19.6. The Morgan fingerprint density at radius 2 is 1.73 bits per heavy atom. The van der Waals surface area contributed by atoms with Gasteiger partial charge in [-0.2, -0.15) is 0 Å². The molecule has 2 nitrogen and oxygen atoms in total. The Kier molecular flexibility index (Phi) is 4.55. The first kappa shape index (κ1) is 20.3.